The number of nitrogens with zero attached hydrogens (tertiary/aromatic N) is 1. The molecule has 24 heavy (non-hydrogen) atoms. The van der Waals surface area contributed by atoms with Crippen LogP contribution in [0.3, 0.4) is 0 Å². The Bertz CT molecular complexity index is 425. The minimum atomic E-state index is 0.0393. The quantitative estimate of drug-likeness (QED) is 0.446. The van der Waals surface area contributed by atoms with Crippen LogP contribution in [0.5, 0.6) is 0 Å². The molecular weight excluding hydrogens is 290 g/mol. The largest absolute Gasteiger partial charge is 0.198 e. The number of rotatable bonds is 7. The molecule has 0 aromatic heterocycles. The van der Waals surface area contributed by atoms with Gasteiger partial charge in [-0.3, -0.25) is 0 Å². The summed E-state index contributed by atoms with van der Waals surface area (Å²) in [6.07, 6.45) is 22.0. The monoisotopic (exact) mass is 329 g/mol. The van der Waals surface area contributed by atoms with Crippen LogP contribution in [0.15, 0.2) is 0 Å². The highest BCUT2D eigenvalue weighted by Gasteiger charge is 2.52. The highest BCUT2D eigenvalue weighted by atomic mass is 14.6. The molecule has 4 fully saturated rings. The molecule has 136 valence electrons. The minimum absolute atomic E-state index is 0.0393. The van der Waals surface area contributed by atoms with Gasteiger partial charge in [0.1, 0.15) is 0 Å². The SMILES string of the molecule is CCCCC[C@]1(C#N)CC[C@H](C23CCC(CCC)(CC2)CC3)CC1. The molecular formula is C23H39N. The summed E-state index contributed by atoms with van der Waals surface area (Å²) >= 11 is 0. The smallest absolute Gasteiger partial charge is 0.0689 e. The molecule has 0 saturated heterocycles. The minimum Gasteiger partial charge on any atom is -0.198 e. The van der Waals surface area contributed by atoms with Gasteiger partial charge >= 0.3 is 0 Å². The first kappa shape index (κ1) is 18.3. The van der Waals surface area contributed by atoms with Gasteiger partial charge in [-0.25, -0.2) is 0 Å². The van der Waals surface area contributed by atoms with E-state index in [2.05, 4.69) is 19.9 Å². The lowest BCUT2D eigenvalue weighted by atomic mass is 9.47. The summed E-state index contributed by atoms with van der Waals surface area (Å²) in [7, 11) is 0. The Balaban J connectivity index is 1.57. The fourth-order valence-corrected chi connectivity index (χ4v) is 6.72. The lowest BCUT2D eigenvalue weighted by Crippen LogP contribution is -2.47. The molecule has 4 aliphatic carbocycles. The Morgan fingerprint density at radius 3 is 1.92 bits per heavy atom. The molecule has 2 bridgehead atoms. The van der Waals surface area contributed by atoms with Crippen LogP contribution in [-0.2, 0) is 0 Å². The van der Waals surface area contributed by atoms with Gasteiger partial charge in [0.15, 0.2) is 0 Å². The van der Waals surface area contributed by atoms with Gasteiger partial charge in [-0.15, -0.1) is 0 Å². The second-order valence-electron chi connectivity index (χ2n) is 9.74. The Labute approximate surface area is 150 Å². The average molecular weight is 330 g/mol. The summed E-state index contributed by atoms with van der Waals surface area (Å²) < 4.78 is 0. The van der Waals surface area contributed by atoms with Crippen molar-refractivity contribution in [2.24, 2.45) is 22.2 Å². The van der Waals surface area contributed by atoms with Gasteiger partial charge in [0.2, 0.25) is 0 Å². The van der Waals surface area contributed by atoms with Gasteiger partial charge in [0.25, 0.3) is 0 Å². The zero-order valence-electron chi connectivity index (χ0n) is 16.3. The van der Waals surface area contributed by atoms with E-state index >= 15 is 0 Å². The highest BCUT2D eigenvalue weighted by Crippen LogP contribution is 2.64. The summed E-state index contributed by atoms with van der Waals surface area (Å²) in [5.41, 5.74) is 1.46. The van der Waals surface area contributed by atoms with Gasteiger partial charge in [0, 0.05) is 0 Å². The first-order valence-corrected chi connectivity index (χ1v) is 11.0. The van der Waals surface area contributed by atoms with E-state index < -0.39 is 0 Å². The van der Waals surface area contributed by atoms with Crippen LogP contribution in [0, 0.1) is 33.5 Å². The molecule has 0 radical (unpaired) electrons. The van der Waals surface area contributed by atoms with E-state index in [1.807, 2.05) is 0 Å². The van der Waals surface area contributed by atoms with E-state index in [1.54, 1.807) is 0 Å². The summed E-state index contributed by atoms with van der Waals surface area (Å²) in [6.45, 7) is 4.63. The van der Waals surface area contributed by atoms with Crippen LogP contribution in [0.1, 0.15) is 117 Å². The van der Waals surface area contributed by atoms with Crippen molar-refractivity contribution < 1.29 is 0 Å². The first-order valence-electron chi connectivity index (χ1n) is 11.0. The molecule has 0 unspecified atom stereocenters. The predicted octanol–water partition coefficient (Wildman–Crippen LogP) is 7.41. The Kier molecular flexibility index (Phi) is 5.63. The highest BCUT2D eigenvalue weighted by molar-refractivity contribution is 5.07. The van der Waals surface area contributed by atoms with Crippen LogP contribution >= 0.6 is 0 Å². The predicted molar refractivity (Wildman–Crippen MR) is 102 cm³/mol. The molecule has 4 aliphatic rings. The third kappa shape index (κ3) is 3.40. The molecule has 0 aliphatic heterocycles. The van der Waals surface area contributed by atoms with Crippen LogP contribution in [0.4, 0.5) is 0 Å². The molecule has 0 aromatic rings. The lowest BCUT2D eigenvalue weighted by Gasteiger charge is -2.58. The maximum absolute atomic E-state index is 9.81. The van der Waals surface area contributed by atoms with Crippen molar-refractivity contribution in [3.8, 4) is 6.07 Å². The van der Waals surface area contributed by atoms with E-state index in [1.165, 1.54) is 96.3 Å². The molecule has 0 N–H and O–H groups in total. The second kappa shape index (κ2) is 7.39. The number of hydrogen-bond donors (Lipinski definition) is 0. The van der Waals surface area contributed by atoms with E-state index in [0.29, 0.717) is 5.41 Å². The molecule has 0 atom stereocenters. The van der Waals surface area contributed by atoms with Crippen LogP contribution < -0.4 is 0 Å². The summed E-state index contributed by atoms with van der Waals surface area (Å²) in [5, 5.41) is 9.81. The molecule has 0 heterocycles. The Hall–Kier alpha value is -0.510. The fraction of sp³-hybridized carbons (Fsp3) is 0.957. The summed E-state index contributed by atoms with van der Waals surface area (Å²) in [6, 6.07) is 2.76. The first-order chi connectivity index (χ1) is 11.6. The number of hydrogen-bond acceptors (Lipinski definition) is 1. The van der Waals surface area contributed by atoms with Gasteiger partial charge in [0.05, 0.1) is 11.5 Å². The van der Waals surface area contributed by atoms with Crippen molar-refractivity contribution in [2.75, 3.05) is 0 Å². The second-order valence-corrected chi connectivity index (χ2v) is 9.74. The van der Waals surface area contributed by atoms with Crippen molar-refractivity contribution in [2.45, 2.75) is 117 Å². The number of unbranched alkanes of at least 4 members (excludes halogenated alkanes) is 2. The van der Waals surface area contributed by atoms with Crippen LogP contribution in [-0.4, -0.2) is 0 Å². The Morgan fingerprint density at radius 2 is 1.42 bits per heavy atom. The molecule has 0 amide bonds. The molecule has 1 heteroatoms. The zero-order valence-corrected chi connectivity index (χ0v) is 16.3. The summed E-state index contributed by atoms with van der Waals surface area (Å²) in [4.78, 5) is 0. The number of fused-ring (bicyclic) bond motifs is 3. The maximum atomic E-state index is 9.81. The van der Waals surface area contributed by atoms with Crippen molar-refractivity contribution in [1.82, 2.24) is 0 Å². The van der Waals surface area contributed by atoms with Crippen molar-refractivity contribution in [3.05, 3.63) is 0 Å². The third-order valence-corrected chi connectivity index (χ3v) is 8.54. The molecule has 4 rings (SSSR count). The van der Waals surface area contributed by atoms with E-state index in [0.717, 1.165) is 17.8 Å². The van der Waals surface area contributed by atoms with Crippen LogP contribution in [0.25, 0.3) is 0 Å². The van der Waals surface area contributed by atoms with Crippen LogP contribution in [0.2, 0.25) is 0 Å². The lowest BCUT2D eigenvalue weighted by molar-refractivity contribution is -0.0684. The molecule has 0 spiro atoms. The van der Waals surface area contributed by atoms with Gasteiger partial charge in [-0.2, -0.15) is 5.26 Å². The Morgan fingerprint density at radius 1 is 0.792 bits per heavy atom. The molecule has 0 aromatic carbocycles. The average Bonchev–Trinajstić information content (AvgIpc) is 2.64. The topological polar surface area (TPSA) is 23.8 Å². The van der Waals surface area contributed by atoms with E-state index in [9.17, 15) is 5.26 Å². The van der Waals surface area contributed by atoms with E-state index in [-0.39, 0.29) is 5.41 Å². The van der Waals surface area contributed by atoms with Crippen molar-refractivity contribution in [3.63, 3.8) is 0 Å². The van der Waals surface area contributed by atoms with Gasteiger partial charge in [-0.05, 0) is 93.8 Å². The molecule has 1 nitrogen and oxygen atoms in total. The number of nitriles is 1. The standard InChI is InChI=1S/C23H39N/c1-3-5-6-10-22(19-24)11-7-20(8-12-22)23-16-13-21(9-4-2,14-17-23)15-18-23/h20H,3-18H2,1-2H3/t20-,21?,22-,23?. The fourth-order valence-electron chi connectivity index (χ4n) is 6.72. The van der Waals surface area contributed by atoms with Gasteiger partial charge < -0.3 is 0 Å². The van der Waals surface area contributed by atoms with Crippen molar-refractivity contribution in [1.29, 1.82) is 5.26 Å². The van der Waals surface area contributed by atoms with Crippen molar-refractivity contribution >= 4 is 0 Å². The summed E-state index contributed by atoms with van der Waals surface area (Å²) in [5.74, 6) is 0.935. The van der Waals surface area contributed by atoms with E-state index in [4.69, 9.17) is 0 Å². The zero-order chi connectivity index (χ0) is 17.1. The molecule has 4 saturated carbocycles. The third-order valence-electron chi connectivity index (χ3n) is 8.54. The maximum Gasteiger partial charge on any atom is 0.0689 e. The normalized spacial score (nSPS) is 42.0. The van der Waals surface area contributed by atoms with Gasteiger partial charge in [-0.1, -0.05) is 39.5 Å².